The minimum atomic E-state index is -0.674. The summed E-state index contributed by atoms with van der Waals surface area (Å²) in [7, 11) is 0. The molecule has 2 amide bonds. The van der Waals surface area contributed by atoms with Crippen molar-refractivity contribution in [3.05, 3.63) is 27.7 Å². The van der Waals surface area contributed by atoms with Crippen LogP contribution in [0.15, 0.2) is 11.3 Å². The lowest BCUT2D eigenvalue weighted by atomic mass is 10.0. The monoisotopic (exact) mass is 426 g/mol. The van der Waals surface area contributed by atoms with Crippen LogP contribution in [0.2, 0.25) is 5.15 Å². The third-order valence-corrected chi connectivity index (χ3v) is 4.87. The van der Waals surface area contributed by atoms with Gasteiger partial charge in [0, 0.05) is 6.54 Å². The van der Waals surface area contributed by atoms with Gasteiger partial charge in [-0.25, -0.2) is 14.4 Å². The topological polar surface area (TPSA) is 112 Å². The minimum absolute atomic E-state index is 0.174. The number of amides is 2. The fraction of sp³-hybridized carbons (Fsp3) is 0.579. The summed E-state index contributed by atoms with van der Waals surface area (Å²) in [4.78, 5) is 36.9. The normalized spacial score (nSPS) is 16.3. The third kappa shape index (κ3) is 5.29. The lowest BCUT2D eigenvalue weighted by Crippen LogP contribution is -2.51. The number of hydrogen-bond acceptors (Lipinski definition) is 6. The maximum Gasteiger partial charge on any atom is 0.343 e. The van der Waals surface area contributed by atoms with Crippen LogP contribution in [0, 0.1) is 6.92 Å². The molecule has 2 heterocycles. The molecule has 9 nitrogen and oxygen atoms in total. The molecule has 2 N–H and O–H groups in total. The summed E-state index contributed by atoms with van der Waals surface area (Å²) in [6, 6.07) is -1.00. The van der Waals surface area contributed by atoms with Crippen molar-refractivity contribution in [2.24, 2.45) is 0 Å². The van der Waals surface area contributed by atoms with Gasteiger partial charge in [-0.2, -0.15) is 5.10 Å². The number of aryl methyl sites for hydroxylation is 2. The first-order chi connectivity index (χ1) is 13.8. The zero-order valence-electron chi connectivity index (χ0n) is 17.1. The second-order valence-electron chi connectivity index (χ2n) is 6.58. The summed E-state index contributed by atoms with van der Waals surface area (Å²) in [5, 5.41) is 9.70. The molecule has 0 aromatic carbocycles. The van der Waals surface area contributed by atoms with Crippen molar-refractivity contribution in [3.8, 4) is 0 Å². The highest BCUT2D eigenvalue weighted by molar-refractivity contribution is 6.32. The number of nitrogens with zero attached hydrogens (tertiary/aromatic N) is 2. The average Bonchev–Trinajstić information content (AvgIpc) is 2.97. The summed E-state index contributed by atoms with van der Waals surface area (Å²) in [6.07, 6.45) is 2.32. The Morgan fingerprint density at radius 1 is 1.21 bits per heavy atom. The maximum atomic E-state index is 12.6. The van der Waals surface area contributed by atoms with Crippen LogP contribution in [-0.2, 0) is 20.8 Å². The molecule has 2 rings (SSSR count). The minimum Gasteiger partial charge on any atom is -0.463 e. The van der Waals surface area contributed by atoms with Crippen LogP contribution in [0.5, 0.6) is 0 Å². The fourth-order valence-electron chi connectivity index (χ4n) is 3.03. The third-order valence-electron chi connectivity index (χ3n) is 4.49. The average molecular weight is 427 g/mol. The molecule has 1 aliphatic rings. The maximum absolute atomic E-state index is 12.6. The van der Waals surface area contributed by atoms with Gasteiger partial charge in [-0.15, -0.1) is 0 Å². The molecule has 0 spiro atoms. The quantitative estimate of drug-likeness (QED) is 0.587. The predicted octanol–water partition coefficient (Wildman–Crippen LogP) is 2.71. The molecule has 160 valence electrons. The zero-order valence-corrected chi connectivity index (χ0v) is 17.9. The molecule has 1 aromatic rings. The van der Waals surface area contributed by atoms with Gasteiger partial charge in [0.25, 0.3) is 0 Å². The molecule has 29 heavy (non-hydrogen) atoms. The molecule has 1 aromatic heterocycles. The van der Waals surface area contributed by atoms with E-state index in [4.69, 9.17) is 21.1 Å². The molecule has 0 bridgehead atoms. The fourth-order valence-corrected chi connectivity index (χ4v) is 3.36. The number of unbranched alkanes of at least 4 members (excludes halogenated alkanes) is 1. The number of carbonyl (C=O) groups is 3. The predicted molar refractivity (Wildman–Crippen MR) is 107 cm³/mol. The van der Waals surface area contributed by atoms with Gasteiger partial charge in [-0.3, -0.25) is 4.68 Å². The number of aromatic nitrogens is 2. The van der Waals surface area contributed by atoms with Gasteiger partial charge in [0.15, 0.2) is 0 Å². The Morgan fingerprint density at radius 2 is 1.93 bits per heavy atom. The summed E-state index contributed by atoms with van der Waals surface area (Å²) in [5.74, 6) is -1.24. The Labute approximate surface area is 174 Å². The molecule has 1 atom stereocenters. The Bertz CT molecular complexity index is 818. The molecule has 10 heteroatoms. The lowest BCUT2D eigenvalue weighted by Gasteiger charge is -2.28. The number of urea groups is 1. The van der Waals surface area contributed by atoms with Gasteiger partial charge in [0.1, 0.15) is 17.3 Å². The molecule has 0 aliphatic carbocycles. The second kappa shape index (κ2) is 10.3. The molecule has 0 saturated heterocycles. The first kappa shape index (κ1) is 22.7. The van der Waals surface area contributed by atoms with Gasteiger partial charge < -0.3 is 20.1 Å². The molecular weight excluding hydrogens is 400 g/mol. The first-order valence-electron chi connectivity index (χ1n) is 9.71. The van der Waals surface area contributed by atoms with E-state index in [1.54, 1.807) is 18.5 Å². The number of rotatable bonds is 9. The van der Waals surface area contributed by atoms with Crippen molar-refractivity contribution < 1.29 is 23.9 Å². The van der Waals surface area contributed by atoms with Gasteiger partial charge in [0.05, 0.1) is 29.6 Å². The molecule has 0 fully saturated rings. The molecule has 0 unspecified atom stereocenters. The van der Waals surface area contributed by atoms with Crippen LogP contribution in [0.25, 0.3) is 0 Å². The van der Waals surface area contributed by atoms with Gasteiger partial charge in [-0.1, -0.05) is 31.9 Å². The van der Waals surface area contributed by atoms with Crippen molar-refractivity contribution in [3.63, 3.8) is 0 Å². The van der Waals surface area contributed by atoms with Gasteiger partial charge in [0.2, 0.25) is 0 Å². The molecule has 0 saturated carbocycles. The van der Waals surface area contributed by atoms with E-state index in [1.807, 2.05) is 13.8 Å². The van der Waals surface area contributed by atoms with E-state index >= 15 is 0 Å². The van der Waals surface area contributed by atoms with E-state index in [1.165, 1.54) is 0 Å². The van der Waals surface area contributed by atoms with E-state index in [2.05, 4.69) is 15.7 Å². The SMILES string of the molecule is CCCCn1nc(C)c(C(=O)OCC2=C(C(=O)OCC)[C@@H](CC)NC(=O)N2)c1Cl. The van der Waals surface area contributed by atoms with E-state index < -0.39 is 24.0 Å². The number of esters is 2. The number of hydrogen-bond donors (Lipinski definition) is 2. The zero-order chi connectivity index (χ0) is 21.6. The second-order valence-corrected chi connectivity index (χ2v) is 6.93. The number of halogens is 1. The Balaban J connectivity index is 2.23. The highest BCUT2D eigenvalue weighted by atomic mass is 35.5. The Kier molecular flexibility index (Phi) is 8.07. The van der Waals surface area contributed by atoms with Crippen LogP contribution < -0.4 is 10.6 Å². The van der Waals surface area contributed by atoms with Crippen molar-refractivity contribution >= 4 is 29.6 Å². The molecule has 1 aliphatic heterocycles. The standard InChI is InChI=1S/C19H27ClN4O5/c1-5-8-9-24-16(20)14(11(4)23-24)17(25)29-10-13-15(18(26)28-7-3)12(6-2)21-19(27)22-13/h12H,5-10H2,1-4H3,(H2,21,22,27)/t12-/m1/s1. The van der Waals surface area contributed by atoms with Crippen molar-refractivity contribution in [1.82, 2.24) is 20.4 Å². The number of nitrogens with one attached hydrogen (secondary N) is 2. The van der Waals surface area contributed by atoms with Crippen LogP contribution in [0.1, 0.15) is 56.1 Å². The first-order valence-corrected chi connectivity index (χ1v) is 10.1. The lowest BCUT2D eigenvalue weighted by molar-refractivity contribution is -0.139. The van der Waals surface area contributed by atoms with Gasteiger partial charge >= 0.3 is 18.0 Å². The van der Waals surface area contributed by atoms with E-state index in [-0.39, 0.29) is 35.2 Å². The van der Waals surface area contributed by atoms with Crippen LogP contribution in [0.3, 0.4) is 0 Å². The smallest absolute Gasteiger partial charge is 0.343 e. The number of carbonyl (C=O) groups excluding carboxylic acids is 3. The Morgan fingerprint density at radius 3 is 2.55 bits per heavy atom. The van der Waals surface area contributed by atoms with E-state index in [0.717, 1.165) is 12.8 Å². The van der Waals surface area contributed by atoms with Crippen molar-refractivity contribution in [2.75, 3.05) is 13.2 Å². The van der Waals surface area contributed by atoms with Gasteiger partial charge in [-0.05, 0) is 26.7 Å². The van der Waals surface area contributed by atoms with Crippen molar-refractivity contribution in [1.29, 1.82) is 0 Å². The summed E-state index contributed by atoms with van der Waals surface area (Å²) >= 11 is 6.30. The van der Waals surface area contributed by atoms with Crippen LogP contribution in [0.4, 0.5) is 4.79 Å². The van der Waals surface area contributed by atoms with Crippen LogP contribution in [-0.4, -0.2) is 47.0 Å². The summed E-state index contributed by atoms with van der Waals surface area (Å²) in [5.41, 5.74) is 1.06. The van der Waals surface area contributed by atoms with E-state index in [0.29, 0.717) is 18.7 Å². The van der Waals surface area contributed by atoms with Crippen molar-refractivity contribution in [2.45, 2.75) is 59.5 Å². The largest absolute Gasteiger partial charge is 0.463 e. The summed E-state index contributed by atoms with van der Waals surface area (Å²) in [6.45, 7) is 7.72. The highest BCUT2D eigenvalue weighted by Gasteiger charge is 2.32. The number of ether oxygens (including phenoxy) is 2. The molecule has 0 radical (unpaired) electrons. The van der Waals surface area contributed by atoms with Crippen LogP contribution >= 0.6 is 11.6 Å². The molecular formula is C19H27ClN4O5. The van der Waals surface area contributed by atoms with E-state index in [9.17, 15) is 14.4 Å². The highest BCUT2D eigenvalue weighted by Crippen LogP contribution is 2.23. The Hall–Kier alpha value is -2.55. The summed E-state index contributed by atoms with van der Waals surface area (Å²) < 4.78 is 12.0.